The molecule has 0 aliphatic heterocycles. The Labute approximate surface area is 71.2 Å². The lowest BCUT2D eigenvalue weighted by Gasteiger charge is -1.99. The maximum atomic E-state index is 10.6. The van der Waals surface area contributed by atoms with Crippen LogP contribution in [-0.4, -0.2) is 38.0 Å². The van der Waals surface area contributed by atoms with Crippen LogP contribution in [0, 0.1) is 0 Å². The van der Waals surface area contributed by atoms with Crippen LogP contribution < -0.4 is 5.32 Å². The molecular weight excluding hydrogens is 186 g/mol. The lowest BCUT2D eigenvalue weighted by atomic mass is 10.4. The Hall–Kier alpha value is -0.950. The molecule has 0 heterocycles. The van der Waals surface area contributed by atoms with Gasteiger partial charge in [-0.2, -0.15) is 0 Å². The Morgan fingerprint density at radius 2 is 2.00 bits per heavy atom. The Morgan fingerprint density at radius 1 is 1.42 bits per heavy atom. The highest BCUT2D eigenvalue weighted by molar-refractivity contribution is 7.80. The third kappa shape index (κ3) is 7.16. The molecule has 1 unspecified atom stereocenters. The van der Waals surface area contributed by atoms with Crippen LogP contribution >= 0.6 is 0 Å². The van der Waals surface area contributed by atoms with Crippen LogP contribution in [0.3, 0.4) is 0 Å². The highest BCUT2D eigenvalue weighted by Crippen LogP contribution is 1.78. The molecule has 12 heavy (non-hydrogen) atoms. The van der Waals surface area contributed by atoms with Crippen LogP contribution in [0.2, 0.25) is 0 Å². The van der Waals surface area contributed by atoms with Crippen molar-refractivity contribution in [3.8, 4) is 0 Å². The molecule has 0 fully saturated rings. The normalized spacial score (nSPS) is 12.1. The molecule has 0 radical (unpaired) electrons. The quantitative estimate of drug-likeness (QED) is 0.478. The molecule has 0 aromatic heterocycles. The van der Waals surface area contributed by atoms with E-state index in [1.165, 1.54) is 0 Å². The minimum atomic E-state index is -2.17. The zero-order valence-electron chi connectivity index (χ0n) is 6.15. The molecule has 0 aromatic carbocycles. The Bertz CT molecular complexity index is 204. The topological polar surface area (TPSA) is 104 Å². The summed E-state index contributed by atoms with van der Waals surface area (Å²) in [5, 5.41) is 10.3. The third-order valence-electron chi connectivity index (χ3n) is 0.916. The van der Waals surface area contributed by atoms with E-state index in [4.69, 9.17) is 9.66 Å². The van der Waals surface area contributed by atoms with E-state index in [2.05, 4.69) is 5.32 Å². The van der Waals surface area contributed by atoms with Gasteiger partial charge in [0.25, 0.3) is 0 Å². The summed E-state index contributed by atoms with van der Waals surface area (Å²) in [5.74, 6) is -2.17. The van der Waals surface area contributed by atoms with Gasteiger partial charge in [-0.05, 0) is 0 Å². The summed E-state index contributed by atoms with van der Waals surface area (Å²) in [5.41, 5.74) is 0. The predicted molar refractivity (Wildman–Crippen MR) is 40.9 cm³/mol. The molecule has 3 N–H and O–H groups in total. The molecule has 0 aliphatic rings. The Balaban J connectivity index is 3.44. The smallest absolute Gasteiger partial charge is 0.305 e. The summed E-state index contributed by atoms with van der Waals surface area (Å²) in [6.45, 7) is -0.0225. The fourth-order valence-electron chi connectivity index (χ4n) is 0.472. The van der Waals surface area contributed by atoms with E-state index in [1.54, 1.807) is 0 Å². The second kappa shape index (κ2) is 5.67. The number of hydrogen-bond acceptors (Lipinski definition) is 3. The van der Waals surface area contributed by atoms with Crippen molar-refractivity contribution >= 4 is 23.0 Å². The zero-order chi connectivity index (χ0) is 9.56. The van der Waals surface area contributed by atoms with E-state index < -0.39 is 28.7 Å². The fraction of sp³-hybridized carbons (Fsp3) is 0.600. The highest BCUT2D eigenvalue weighted by atomic mass is 32.2. The zero-order valence-corrected chi connectivity index (χ0v) is 6.97. The van der Waals surface area contributed by atoms with Crippen molar-refractivity contribution in [3.05, 3.63) is 0 Å². The maximum Gasteiger partial charge on any atom is 0.305 e. The summed E-state index contributed by atoms with van der Waals surface area (Å²) >= 11 is -2.17. The predicted octanol–water partition coefficient (Wildman–Crippen LogP) is -1.20. The van der Waals surface area contributed by atoms with Crippen LogP contribution in [0.1, 0.15) is 6.42 Å². The van der Waals surface area contributed by atoms with E-state index in [1.807, 2.05) is 0 Å². The third-order valence-corrected chi connectivity index (χ3v) is 1.42. The first-order valence-corrected chi connectivity index (χ1v) is 4.36. The number of hydrogen-bond donors (Lipinski definition) is 3. The lowest BCUT2D eigenvalue weighted by molar-refractivity contribution is -0.136. The molecule has 0 saturated carbocycles. The van der Waals surface area contributed by atoms with Gasteiger partial charge in [-0.15, -0.1) is 0 Å². The fourth-order valence-corrected chi connectivity index (χ4v) is 0.798. The van der Waals surface area contributed by atoms with Gasteiger partial charge < -0.3 is 15.0 Å². The van der Waals surface area contributed by atoms with Crippen molar-refractivity contribution in [1.82, 2.24) is 5.32 Å². The number of nitrogens with one attached hydrogen (secondary N) is 1. The van der Waals surface area contributed by atoms with Gasteiger partial charge in [0.1, 0.15) is 5.75 Å². The minimum absolute atomic E-state index is 0.0225. The van der Waals surface area contributed by atoms with E-state index in [-0.39, 0.29) is 13.0 Å². The summed E-state index contributed by atoms with van der Waals surface area (Å²) in [6, 6.07) is 0. The van der Waals surface area contributed by atoms with Crippen molar-refractivity contribution in [2.45, 2.75) is 6.42 Å². The minimum Gasteiger partial charge on any atom is -0.481 e. The molecule has 70 valence electrons. The molecule has 0 bridgehead atoms. The molecule has 0 saturated heterocycles. The number of carboxylic acids is 1. The van der Waals surface area contributed by atoms with Crippen LogP contribution in [0.25, 0.3) is 0 Å². The van der Waals surface area contributed by atoms with Gasteiger partial charge in [0.2, 0.25) is 5.91 Å². The number of aliphatic carboxylic acids is 1. The first kappa shape index (κ1) is 11.1. The molecule has 0 spiro atoms. The Kier molecular flexibility index (Phi) is 5.22. The summed E-state index contributed by atoms with van der Waals surface area (Å²) in [4.78, 5) is 20.5. The van der Waals surface area contributed by atoms with Crippen LogP contribution in [-0.2, 0) is 20.7 Å². The number of carbonyl (C=O) groups is 2. The summed E-state index contributed by atoms with van der Waals surface area (Å²) in [6.07, 6.45) is -0.191. The van der Waals surface area contributed by atoms with Gasteiger partial charge in [0.15, 0.2) is 11.1 Å². The van der Waals surface area contributed by atoms with Crippen molar-refractivity contribution in [1.29, 1.82) is 0 Å². The van der Waals surface area contributed by atoms with E-state index >= 15 is 0 Å². The van der Waals surface area contributed by atoms with Crippen molar-refractivity contribution < 1.29 is 23.5 Å². The molecule has 6 nitrogen and oxygen atoms in total. The SMILES string of the molecule is O=C(O)CCNC(=O)CS(=O)O. The molecule has 1 amide bonds. The lowest BCUT2D eigenvalue weighted by Crippen LogP contribution is -2.29. The molecule has 1 atom stereocenters. The average molecular weight is 195 g/mol. The highest BCUT2D eigenvalue weighted by Gasteiger charge is 2.05. The first-order valence-electron chi connectivity index (χ1n) is 3.08. The second-order valence-electron chi connectivity index (χ2n) is 1.96. The second-order valence-corrected chi connectivity index (χ2v) is 2.89. The van der Waals surface area contributed by atoms with Gasteiger partial charge in [-0.25, -0.2) is 4.21 Å². The van der Waals surface area contributed by atoms with Crippen molar-refractivity contribution in [3.63, 3.8) is 0 Å². The first-order chi connectivity index (χ1) is 5.52. The number of amides is 1. The van der Waals surface area contributed by atoms with Crippen molar-refractivity contribution in [2.24, 2.45) is 0 Å². The maximum absolute atomic E-state index is 10.6. The van der Waals surface area contributed by atoms with E-state index in [0.29, 0.717) is 0 Å². The van der Waals surface area contributed by atoms with Gasteiger partial charge in [0, 0.05) is 6.54 Å². The average Bonchev–Trinajstić information content (AvgIpc) is 1.84. The monoisotopic (exact) mass is 195 g/mol. The van der Waals surface area contributed by atoms with Crippen LogP contribution in [0.4, 0.5) is 0 Å². The van der Waals surface area contributed by atoms with E-state index in [9.17, 15) is 13.8 Å². The summed E-state index contributed by atoms with van der Waals surface area (Å²) < 4.78 is 18.3. The summed E-state index contributed by atoms with van der Waals surface area (Å²) in [7, 11) is 0. The number of rotatable bonds is 5. The molecular formula is C5H9NO5S. The number of carbonyl (C=O) groups excluding carboxylic acids is 1. The standard InChI is InChI=1S/C5H9NO5S/c7-4(3-12(10)11)6-2-1-5(8)9/h1-3H2,(H,6,7)(H,8,9)(H,10,11). The van der Waals surface area contributed by atoms with Crippen LogP contribution in [0.5, 0.6) is 0 Å². The van der Waals surface area contributed by atoms with Gasteiger partial charge in [-0.3, -0.25) is 9.59 Å². The van der Waals surface area contributed by atoms with Crippen molar-refractivity contribution in [2.75, 3.05) is 12.3 Å². The van der Waals surface area contributed by atoms with Gasteiger partial charge in [0.05, 0.1) is 6.42 Å². The molecule has 7 heteroatoms. The Morgan fingerprint density at radius 3 is 2.42 bits per heavy atom. The number of carboxylic acid groups (broad SMARTS) is 1. The van der Waals surface area contributed by atoms with Gasteiger partial charge >= 0.3 is 5.97 Å². The largest absolute Gasteiger partial charge is 0.481 e. The van der Waals surface area contributed by atoms with Crippen LogP contribution in [0.15, 0.2) is 0 Å². The molecule has 0 rings (SSSR count). The van der Waals surface area contributed by atoms with Gasteiger partial charge in [-0.1, -0.05) is 0 Å². The molecule has 0 aliphatic carbocycles. The van der Waals surface area contributed by atoms with E-state index in [0.717, 1.165) is 0 Å². The molecule has 0 aromatic rings.